The third-order valence-electron chi connectivity index (χ3n) is 4.07. The number of aromatic nitrogens is 1. The maximum absolute atomic E-state index is 12.9. The highest BCUT2D eigenvalue weighted by Gasteiger charge is 2.30. The van der Waals surface area contributed by atoms with Gasteiger partial charge >= 0.3 is 6.18 Å². The first-order valence-corrected chi connectivity index (χ1v) is 8.04. The van der Waals surface area contributed by atoms with Crippen molar-refractivity contribution in [3.05, 3.63) is 76.6 Å². The van der Waals surface area contributed by atoms with E-state index in [9.17, 15) is 18.0 Å². The quantitative estimate of drug-likeness (QED) is 0.759. The maximum Gasteiger partial charge on any atom is 0.416 e. The van der Waals surface area contributed by atoms with Crippen molar-refractivity contribution in [2.45, 2.75) is 6.18 Å². The Kier molecular flexibility index (Phi) is 5.04. The molecule has 134 valence electrons. The number of carbonyl (C=O) groups excluding carboxylic acids is 1. The number of alkyl halides is 3. The number of hydrogen-bond acceptors (Lipinski definition) is 3. The Morgan fingerprint density at radius 3 is 2.23 bits per heavy atom. The van der Waals surface area contributed by atoms with Crippen LogP contribution in [0.4, 0.5) is 13.2 Å². The summed E-state index contributed by atoms with van der Waals surface area (Å²) in [5.74, 6) is -0.141. The smallest absolute Gasteiger partial charge is 0.298 e. The van der Waals surface area contributed by atoms with Gasteiger partial charge in [-0.1, -0.05) is 12.1 Å². The summed E-state index contributed by atoms with van der Waals surface area (Å²) in [6.07, 6.45) is 2.20. The van der Waals surface area contributed by atoms with E-state index in [1.807, 2.05) is 11.9 Å². The minimum absolute atomic E-state index is 0.141. The predicted molar refractivity (Wildman–Crippen MR) is 94.1 cm³/mol. The molecule has 3 rings (SSSR count). The van der Waals surface area contributed by atoms with E-state index in [4.69, 9.17) is 0 Å². The number of ketones is 1. The molecule has 3 nitrogen and oxygen atoms in total. The fraction of sp³-hybridized carbons (Fsp3) is 0.200. The van der Waals surface area contributed by atoms with Crippen LogP contribution in [-0.4, -0.2) is 35.8 Å². The summed E-state index contributed by atoms with van der Waals surface area (Å²) in [6, 6.07) is 8.58. The number of Topliss-reactive ketones (excluding diaryl/α,β-unsaturated/α-hetero) is 1. The monoisotopic (exact) mass is 358 g/mol. The number of rotatable bonds is 2. The molecule has 0 unspecified atom stereocenters. The average molecular weight is 358 g/mol. The second kappa shape index (κ2) is 7.25. The Bertz CT molecular complexity index is 870. The molecule has 0 radical (unpaired) electrons. The van der Waals surface area contributed by atoms with E-state index in [2.05, 4.69) is 4.98 Å². The first-order chi connectivity index (χ1) is 12.3. The van der Waals surface area contributed by atoms with Gasteiger partial charge in [-0.25, -0.2) is 0 Å². The number of benzene rings is 1. The minimum Gasteiger partial charge on any atom is -0.298 e. The van der Waals surface area contributed by atoms with Crippen LogP contribution in [0, 0.1) is 0 Å². The number of hydrogen-bond donors (Lipinski definition) is 0. The highest BCUT2D eigenvalue weighted by Crippen LogP contribution is 2.30. The van der Waals surface area contributed by atoms with Gasteiger partial charge in [0.1, 0.15) is 0 Å². The molecule has 6 heteroatoms. The van der Waals surface area contributed by atoms with E-state index in [0.717, 1.165) is 17.7 Å². The number of pyridine rings is 1. The molecule has 0 amide bonds. The molecule has 0 spiro atoms. The first-order valence-electron chi connectivity index (χ1n) is 8.04. The molecule has 1 saturated heterocycles. The lowest BCUT2D eigenvalue weighted by atomic mass is 9.94. The lowest BCUT2D eigenvalue weighted by Crippen LogP contribution is -2.34. The van der Waals surface area contributed by atoms with Crippen LogP contribution in [0.25, 0.3) is 12.2 Å². The van der Waals surface area contributed by atoms with Crippen molar-refractivity contribution in [3.63, 3.8) is 0 Å². The van der Waals surface area contributed by atoms with Crippen LogP contribution in [0.5, 0.6) is 0 Å². The van der Waals surface area contributed by atoms with E-state index in [1.54, 1.807) is 36.7 Å². The van der Waals surface area contributed by atoms with E-state index in [0.29, 0.717) is 29.8 Å². The molecule has 0 bridgehead atoms. The molecular formula is C20H17F3N2O. The molecule has 0 N–H and O–H groups in total. The summed E-state index contributed by atoms with van der Waals surface area (Å²) in [4.78, 5) is 18.7. The van der Waals surface area contributed by atoms with Gasteiger partial charge in [-0.3, -0.25) is 14.7 Å². The number of halogens is 3. The van der Waals surface area contributed by atoms with Crippen molar-refractivity contribution in [2.75, 3.05) is 20.1 Å². The first kappa shape index (κ1) is 18.1. The Balaban J connectivity index is 1.93. The van der Waals surface area contributed by atoms with Crippen molar-refractivity contribution < 1.29 is 18.0 Å². The van der Waals surface area contributed by atoms with Gasteiger partial charge in [0.05, 0.1) is 5.56 Å². The number of piperidine rings is 1. The van der Waals surface area contributed by atoms with E-state index in [1.165, 1.54) is 12.1 Å². The summed E-state index contributed by atoms with van der Waals surface area (Å²) < 4.78 is 38.6. The standard InChI is InChI=1S/C20H17F3N2O/c1-25-12-16(9-14-5-7-24-8-6-14)19(26)17(13-25)10-15-3-2-4-18(11-15)20(21,22)23/h2-11H,12-13H2,1H3/b16-9+,17-10+. The van der Waals surface area contributed by atoms with Crippen LogP contribution in [0.3, 0.4) is 0 Å². The van der Waals surface area contributed by atoms with Crippen molar-refractivity contribution in [3.8, 4) is 0 Å². The summed E-state index contributed by atoms with van der Waals surface area (Å²) in [5, 5.41) is 0. The predicted octanol–water partition coefficient (Wildman–Crippen LogP) is 4.08. The van der Waals surface area contributed by atoms with Gasteiger partial charge in [0, 0.05) is 36.6 Å². The zero-order valence-corrected chi connectivity index (χ0v) is 14.1. The lowest BCUT2D eigenvalue weighted by Gasteiger charge is -2.26. The molecule has 1 aromatic heterocycles. The van der Waals surface area contributed by atoms with E-state index in [-0.39, 0.29) is 5.78 Å². The van der Waals surface area contributed by atoms with Crippen LogP contribution in [-0.2, 0) is 11.0 Å². The Morgan fingerprint density at radius 1 is 1.00 bits per heavy atom. The van der Waals surface area contributed by atoms with Gasteiger partial charge in [0.2, 0.25) is 0 Å². The van der Waals surface area contributed by atoms with Gasteiger partial charge in [-0.2, -0.15) is 13.2 Å². The molecule has 1 aromatic carbocycles. The Labute approximate surface area is 149 Å². The van der Waals surface area contributed by atoms with Crippen LogP contribution in [0.15, 0.2) is 59.9 Å². The van der Waals surface area contributed by atoms with Gasteiger partial charge < -0.3 is 0 Å². The van der Waals surface area contributed by atoms with E-state index < -0.39 is 11.7 Å². The van der Waals surface area contributed by atoms with Crippen molar-refractivity contribution in [1.29, 1.82) is 0 Å². The van der Waals surface area contributed by atoms with E-state index >= 15 is 0 Å². The van der Waals surface area contributed by atoms with Gasteiger partial charge in [-0.15, -0.1) is 0 Å². The third kappa shape index (κ3) is 4.26. The summed E-state index contributed by atoms with van der Waals surface area (Å²) in [7, 11) is 1.87. The summed E-state index contributed by atoms with van der Waals surface area (Å²) >= 11 is 0. The lowest BCUT2D eigenvalue weighted by molar-refractivity contribution is -0.137. The van der Waals surface area contributed by atoms with Gasteiger partial charge in [-0.05, 0) is 54.6 Å². The second-order valence-corrected chi connectivity index (χ2v) is 6.24. The minimum atomic E-state index is -4.41. The Hall–Kier alpha value is -2.73. The summed E-state index contributed by atoms with van der Waals surface area (Å²) in [5.41, 5.74) is 1.57. The van der Waals surface area contributed by atoms with Crippen molar-refractivity contribution in [2.24, 2.45) is 0 Å². The summed E-state index contributed by atoms with van der Waals surface area (Å²) in [6.45, 7) is 0.879. The average Bonchev–Trinajstić information content (AvgIpc) is 2.59. The fourth-order valence-corrected chi connectivity index (χ4v) is 2.88. The van der Waals surface area contributed by atoms with Crippen LogP contribution in [0.1, 0.15) is 16.7 Å². The molecular weight excluding hydrogens is 341 g/mol. The molecule has 0 aliphatic carbocycles. The zero-order valence-electron chi connectivity index (χ0n) is 14.1. The number of carbonyl (C=O) groups is 1. The maximum atomic E-state index is 12.9. The van der Waals surface area contributed by atoms with Gasteiger partial charge in [0.25, 0.3) is 0 Å². The molecule has 0 saturated carbocycles. The normalized spacial score (nSPS) is 19.3. The fourth-order valence-electron chi connectivity index (χ4n) is 2.88. The molecule has 2 heterocycles. The molecule has 1 aliphatic rings. The molecule has 1 fully saturated rings. The largest absolute Gasteiger partial charge is 0.416 e. The number of likely N-dealkylation sites (N-methyl/N-ethyl adjacent to an activating group) is 1. The number of likely N-dealkylation sites (tertiary alicyclic amines) is 1. The van der Waals surface area contributed by atoms with Crippen LogP contribution >= 0.6 is 0 Å². The highest BCUT2D eigenvalue weighted by molar-refractivity contribution is 6.14. The van der Waals surface area contributed by atoms with Crippen LogP contribution in [0.2, 0.25) is 0 Å². The molecule has 2 aromatic rings. The zero-order chi connectivity index (χ0) is 18.7. The van der Waals surface area contributed by atoms with Crippen molar-refractivity contribution >= 4 is 17.9 Å². The van der Waals surface area contributed by atoms with Crippen molar-refractivity contribution in [1.82, 2.24) is 9.88 Å². The van der Waals surface area contributed by atoms with Gasteiger partial charge in [0.15, 0.2) is 5.78 Å². The SMILES string of the molecule is CN1C/C(=C\c2ccncc2)C(=O)/C(=C/c2cccc(C(F)(F)F)c2)C1. The number of nitrogens with zero attached hydrogens (tertiary/aromatic N) is 2. The highest BCUT2D eigenvalue weighted by atomic mass is 19.4. The molecule has 26 heavy (non-hydrogen) atoms. The topological polar surface area (TPSA) is 33.2 Å². The molecule has 0 atom stereocenters. The van der Waals surface area contributed by atoms with Crippen LogP contribution < -0.4 is 0 Å². The molecule has 1 aliphatic heterocycles. The third-order valence-corrected chi connectivity index (χ3v) is 4.07. The second-order valence-electron chi connectivity index (χ2n) is 6.24. The Morgan fingerprint density at radius 2 is 1.62 bits per heavy atom.